The van der Waals surface area contributed by atoms with Crippen molar-refractivity contribution in [2.45, 2.75) is 46.6 Å². The first-order chi connectivity index (χ1) is 11.8. The Morgan fingerprint density at radius 2 is 2.17 bits per heavy atom. The summed E-state index contributed by atoms with van der Waals surface area (Å²) >= 11 is 0. The van der Waals surface area contributed by atoms with Crippen molar-refractivity contribution >= 4 is 5.96 Å². The molecule has 1 aromatic rings. The molecule has 0 radical (unpaired) electrons. The highest BCUT2D eigenvalue weighted by molar-refractivity contribution is 5.79. The molecule has 2 N–H and O–H groups in total. The van der Waals surface area contributed by atoms with Gasteiger partial charge in [0.15, 0.2) is 5.96 Å². The van der Waals surface area contributed by atoms with E-state index >= 15 is 0 Å². The summed E-state index contributed by atoms with van der Waals surface area (Å²) in [6.07, 6.45) is 5.21. The normalized spacial score (nSPS) is 19.0. The fourth-order valence-corrected chi connectivity index (χ4v) is 3.18. The van der Waals surface area contributed by atoms with Gasteiger partial charge in [0.1, 0.15) is 12.2 Å². The van der Waals surface area contributed by atoms with Crippen LogP contribution in [0.2, 0.25) is 0 Å². The second kappa shape index (κ2) is 10.3. The predicted octanol–water partition coefficient (Wildman–Crippen LogP) is 1.13. The van der Waals surface area contributed by atoms with Crippen LogP contribution in [0.5, 0.6) is 0 Å². The van der Waals surface area contributed by atoms with Crippen molar-refractivity contribution in [3.05, 3.63) is 12.2 Å². The lowest BCUT2D eigenvalue weighted by molar-refractivity contribution is 0.326. The summed E-state index contributed by atoms with van der Waals surface area (Å²) in [5.41, 5.74) is 0. The number of nitrogens with zero attached hydrogens (tertiary/aromatic N) is 5. The average Bonchev–Trinajstić information content (AvgIpc) is 3.22. The first kappa shape index (κ1) is 18.7. The molecule has 0 saturated carbocycles. The number of aryl methyl sites for hydroxylation is 1. The van der Waals surface area contributed by atoms with Crippen LogP contribution < -0.4 is 10.6 Å². The van der Waals surface area contributed by atoms with Gasteiger partial charge in [0.05, 0.1) is 0 Å². The summed E-state index contributed by atoms with van der Waals surface area (Å²) in [4.78, 5) is 7.33. The third kappa shape index (κ3) is 5.78. The van der Waals surface area contributed by atoms with E-state index < -0.39 is 0 Å². The number of rotatable bonds is 9. The van der Waals surface area contributed by atoms with Crippen molar-refractivity contribution in [3.8, 4) is 0 Å². The van der Waals surface area contributed by atoms with Crippen molar-refractivity contribution in [2.75, 3.05) is 39.3 Å². The van der Waals surface area contributed by atoms with Gasteiger partial charge in [-0.15, -0.1) is 10.2 Å². The molecule has 0 spiro atoms. The second-order valence-electron chi connectivity index (χ2n) is 6.40. The van der Waals surface area contributed by atoms with E-state index in [9.17, 15) is 0 Å². The van der Waals surface area contributed by atoms with Gasteiger partial charge in [0, 0.05) is 39.1 Å². The molecule has 136 valence electrons. The Labute approximate surface area is 145 Å². The smallest absolute Gasteiger partial charge is 0.191 e. The minimum absolute atomic E-state index is 0.691. The van der Waals surface area contributed by atoms with Crippen molar-refractivity contribution < 1.29 is 0 Å². The van der Waals surface area contributed by atoms with Crippen LogP contribution >= 0.6 is 0 Å². The Morgan fingerprint density at radius 3 is 2.92 bits per heavy atom. The van der Waals surface area contributed by atoms with Crippen LogP contribution in [0.3, 0.4) is 0 Å². The van der Waals surface area contributed by atoms with E-state index in [0.29, 0.717) is 5.92 Å². The SMILES string of the molecule is CCCN1CCC(CN=C(NCC)NCCn2cnnc2CC)C1. The maximum absolute atomic E-state index is 4.78. The van der Waals surface area contributed by atoms with Crippen LogP contribution in [0.4, 0.5) is 0 Å². The molecule has 1 fully saturated rings. The van der Waals surface area contributed by atoms with Gasteiger partial charge in [-0.3, -0.25) is 4.99 Å². The highest BCUT2D eigenvalue weighted by atomic mass is 15.3. The second-order valence-corrected chi connectivity index (χ2v) is 6.40. The maximum atomic E-state index is 4.78. The lowest BCUT2D eigenvalue weighted by Gasteiger charge is -2.15. The first-order valence-corrected chi connectivity index (χ1v) is 9.38. The topological polar surface area (TPSA) is 70.4 Å². The van der Waals surface area contributed by atoms with Crippen LogP contribution in [0, 0.1) is 5.92 Å². The van der Waals surface area contributed by atoms with Crippen LogP contribution in [0.15, 0.2) is 11.3 Å². The summed E-state index contributed by atoms with van der Waals surface area (Å²) in [5, 5.41) is 14.8. The fraction of sp³-hybridized carbons (Fsp3) is 0.824. The molecule has 1 atom stereocenters. The summed E-state index contributed by atoms with van der Waals surface area (Å²) < 4.78 is 2.09. The quantitative estimate of drug-likeness (QED) is 0.523. The Balaban J connectivity index is 1.76. The van der Waals surface area contributed by atoms with E-state index in [1.54, 1.807) is 6.33 Å². The zero-order valence-corrected chi connectivity index (χ0v) is 15.5. The van der Waals surface area contributed by atoms with Gasteiger partial charge in [-0.1, -0.05) is 13.8 Å². The molecule has 1 aromatic heterocycles. The van der Waals surface area contributed by atoms with E-state index in [2.05, 4.69) is 51.1 Å². The van der Waals surface area contributed by atoms with Crippen LogP contribution in [0.1, 0.15) is 39.4 Å². The molecule has 1 aliphatic rings. The van der Waals surface area contributed by atoms with Gasteiger partial charge >= 0.3 is 0 Å². The monoisotopic (exact) mass is 335 g/mol. The number of aromatic nitrogens is 3. The first-order valence-electron chi connectivity index (χ1n) is 9.38. The lowest BCUT2D eigenvalue weighted by atomic mass is 10.1. The highest BCUT2D eigenvalue weighted by Gasteiger charge is 2.21. The van der Waals surface area contributed by atoms with Gasteiger partial charge in [0.2, 0.25) is 0 Å². The molecule has 1 saturated heterocycles. The molecule has 1 unspecified atom stereocenters. The number of likely N-dealkylation sites (tertiary alicyclic amines) is 1. The molecule has 1 aliphatic heterocycles. The maximum Gasteiger partial charge on any atom is 0.191 e. The van der Waals surface area contributed by atoms with Crippen molar-refractivity contribution in [1.82, 2.24) is 30.3 Å². The number of hydrogen-bond acceptors (Lipinski definition) is 4. The van der Waals surface area contributed by atoms with Gasteiger partial charge in [-0.25, -0.2) is 0 Å². The van der Waals surface area contributed by atoms with Crippen LogP contribution in [0.25, 0.3) is 0 Å². The summed E-state index contributed by atoms with van der Waals surface area (Å²) in [6.45, 7) is 13.6. The minimum atomic E-state index is 0.691. The molecule has 0 aromatic carbocycles. The molecule has 7 heteroatoms. The summed E-state index contributed by atoms with van der Waals surface area (Å²) in [7, 11) is 0. The molecule has 7 nitrogen and oxygen atoms in total. The minimum Gasteiger partial charge on any atom is -0.357 e. The zero-order valence-electron chi connectivity index (χ0n) is 15.5. The Hall–Kier alpha value is -1.63. The van der Waals surface area contributed by atoms with E-state index in [1.807, 2.05) is 0 Å². The molecular formula is C17H33N7. The molecule has 0 aliphatic carbocycles. The largest absolute Gasteiger partial charge is 0.357 e. The van der Waals surface area contributed by atoms with Crippen LogP contribution in [-0.4, -0.2) is 64.9 Å². The highest BCUT2D eigenvalue weighted by Crippen LogP contribution is 2.16. The standard InChI is InChI=1S/C17H33N7/c1-4-9-23-10-7-15(13-23)12-20-17(18-6-3)19-8-11-24-14-21-22-16(24)5-2/h14-15H,4-13H2,1-3H3,(H2,18,19,20). The predicted molar refractivity (Wildman–Crippen MR) is 98.2 cm³/mol. The van der Waals surface area contributed by atoms with Crippen LogP contribution in [-0.2, 0) is 13.0 Å². The van der Waals surface area contributed by atoms with Gasteiger partial charge < -0.3 is 20.1 Å². The van der Waals surface area contributed by atoms with E-state index in [-0.39, 0.29) is 0 Å². The van der Waals surface area contributed by atoms with Gasteiger partial charge in [0.25, 0.3) is 0 Å². The Morgan fingerprint density at radius 1 is 1.29 bits per heavy atom. The van der Waals surface area contributed by atoms with E-state index in [4.69, 9.17) is 4.99 Å². The van der Waals surface area contributed by atoms with Crippen molar-refractivity contribution in [1.29, 1.82) is 0 Å². The van der Waals surface area contributed by atoms with Gasteiger partial charge in [-0.05, 0) is 38.8 Å². The number of aliphatic imine (C=N–C) groups is 1. The number of nitrogens with one attached hydrogen (secondary N) is 2. The zero-order chi connectivity index (χ0) is 17.2. The van der Waals surface area contributed by atoms with E-state index in [0.717, 1.165) is 44.4 Å². The summed E-state index contributed by atoms with van der Waals surface area (Å²) in [6, 6.07) is 0. The molecule has 2 heterocycles. The Kier molecular flexibility index (Phi) is 8.01. The van der Waals surface area contributed by atoms with Crippen molar-refractivity contribution in [3.63, 3.8) is 0 Å². The lowest BCUT2D eigenvalue weighted by Crippen LogP contribution is -2.39. The number of hydrogen-bond donors (Lipinski definition) is 2. The fourth-order valence-electron chi connectivity index (χ4n) is 3.18. The summed E-state index contributed by atoms with van der Waals surface area (Å²) in [5.74, 6) is 2.63. The molecule has 0 bridgehead atoms. The number of guanidine groups is 1. The Bertz CT molecular complexity index is 497. The van der Waals surface area contributed by atoms with Gasteiger partial charge in [-0.2, -0.15) is 0 Å². The third-order valence-corrected chi connectivity index (χ3v) is 4.42. The molecular weight excluding hydrogens is 302 g/mol. The molecule has 0 amide bonds. The van der Waals surface area contributed by atoms with E-state index in [1.165, 1.54) is 32.5 Å². The molecule has 24 heavy (non-hydrogen) atoms. The average molecular weight is 336 g/mol. The third-order valence-electron chi connectivity index (χ3n) is 4.42. The molecule has 2 rings (SSSR count). The van der Waals surface area contributed by atoms with Crippen molar-refractivity contribution in [2.24, 2.45) is 10.9 Å².